The van der Waals surface area contributed by atoms with Crippen LogP contribution in [0.3, 0.4) is 0 Å². The van der Waals surface area contributed by atoms with Crippen molar-refractivity contribution in [1.29, 1.82) is 0 Å². The smallest absolute Gasteiger partial charge is 0.261 e. The van der Waals surface area contributed by atoms with Crippen molar-refractivity contribution in [3.63, 3.8) is 0 Å². The molecule has 0 saturated carbocycles. The maximum atomic E-state index is 15.0. The van der Waals surface area contributed by atoms with Crippen LogP contribution in [-0.2, 0) is 9.22 Å². The van der Waals surface area contributed by atoms with Gasteiger partial charge in [-0.3, -0.25) is 4.79 Å². The summed E-state index contributed by atoms with van der Waals surface area (Å²) in [5.74, 6) is 0.132. The standard InChI is InChI=1S/C41H47Cl2NO2Si/c1-7-26-41(6)28-37(31-16-15-17-33(43)27-31)38(30-22-24-32(42)25-23-30)44(39(41)45)34(8-2)29-46-47(40(3,4)5,35-18-11-9-12-19-35)36-20-13-10-14-21-36/h7,9-25,27,34,37-38H,1,8,26,28-29H2,2-6H3/t34?,37-,38-,41+/m1/s1. The molecule has 4 atom stereocenters. The van der Waals surface area contributed by atoms with Gasteiger partial charge in [-0.1, -0.05) is 149 Å². The number of carbonyl (C=O) groups is 1. The molecule has 1 saturated heterocycles. The van der Waals surface area contributed by atoms with Crippen molar-refractivity contribution < 1.29 is 9.22 Å². The second kappa shape index (κ2) is 14.5. The molecule has 0 N–H and O–H groups in total. The fourth-order valence-corrected chi connectivity index (χ4v) is 12.6. The fourth-order valence-electron chi connectivity index (χ4n) is 7.67. The highest BCUT2D eigenvalue weighted by Crippen LogP contribution is 2.52. The Balaban J connectivity index is 1.67. The third-order valence-electron chi connectivity index (χ3n) is 9.96. The Morgan fingerprint density at radius 2 is 1.49 bits per heavy atom. The highest BCUT2D eigenvalue weighted by molar-refractivity contribution is 6.99. The summed E-state index contributed by atoms with van der Waals surface area (Å²) in [4.78, 5) is 17.1. The van der Waals surface area contributed by atoms with Crippen LogP contribution in [0.1, 0.15) is 77.0 Å². The lowest BCUT2D eigenvalue weighted by atomic mass is 9.67. The number of benzene rings is 4. The number of nitrogens with zero attached hydrogens (tertiary/aromatic N) is 1. The molecule has 3 nitrogen and oxygen atoms in total. The third kappa shape index (κ3) is 7.03. The summed E-state index contributed by atoms with van der Waals surface area (Å²) in [5, 5.41) is 3.62. The molecule has 1 aliphatic heterocycles. The van der Waals surface area contributed by atoms with Crippen LogP contribution in [0.15, 0.2) is 122 Å². The van der Waals surface area contributed by atoms with Crippen molar-refractivity contribution in [3.8, 4) is 0 Å². The molecule has 47 heavy (non-hydrogen) atoms. The minimum absolute atomic E-state index is 0.000518. The fraction of sp³-hybridized carbons (Fsp3) is 0.341. The van der Waals surface area contributed by atoms with Crippen molar-refractivity contribution in [1.82, 2.24) is 4.90 Å². The van der Waals surface area contributed by atoms with Gasteiger partial charge in [-0.25, -0.2) is 0 Å². The second-order valence-corrected chi connectivity index (χ2v) is 19.3. The highest BCUT2D eigenvalue weighted by atomic mass is 35.5. The zero-order valence-electron chi connectivity index (χ0n) is 28.3. The first-order chi connectivity index (χ1) is 22.4. The molecule has 0 aliphatic carbocycles. The molecule has 246 valence electrons. The number of piperidine rings is 1. The third-order valence-corrected chi connectivity index (χ3v) is 15.5. The van der Waals surface area contributed by atoms with E-state index in [2.05, 4.69) is 131 Å². The van der Waals surface area contributed by atoms with Crippen LogP contribution in [0.25, 0.3) is 0 Å². The summed E-state index contributed by atoms with van der Waals surface area (Å²) >= 11 is 13.0. The lowest BCUT2D eigenvalue weighted by molar-refractivity contribution is -0.155. The number of allylic oxidation sites excluding steroid dienone is 1. The average molecular weight is 685 g/mol. The Morgan fingerprint density at radius 1 is 0.894 bits per heavy atom. The summed E-state index contributed by atoms with van der Waals surface area (Å²) < 4.78 is 7.50. The Hall–Kier alpha value is -3.15. The number of likely N-dealkylation sites (tertiary alicyclic amines) is 1. The molecular formula is C41H47Cl2NO2Si. The largest absolute Gasteiger partial charge is 0.405 e. The van der Waals surface area contributed by atoms with Crippen LogP contribution in [0.2, 0.25) is 15.1 Å². The zero-order valence-corrected chi connectivity index (χ0v) is 30.8. The summed E-state index contributed by atoms with van der Waals surface area (Å²) in [6, 6.07) is 37.1. The molecule has 0 bridgehead atoms. The summed E-state index contributed by atoms with van der Waals surface area (Å²) in [6.45, 7) is 15.6. The van der Waals surface area contributed by atoms with E-state index < -0.39 is 13.7 Å². The normalized spacial score (nSPS) is 21.0. The van der Waals surface area contributed by atoms with Crippen molar-refractivity contribution >= 4 is 47.8 Å². The van der Waals surface area contributed by atoms with Crippen molar-refractivity contribution in [2.45, 2.75) is 76.9 Å². The topological polar surface area (TPSA) is 29.5 Å². The van der Waals surface area contributed by atoms with Crippen LogP contribution in [0, 0.1) is 5.41 Å². The molecule has 5 rings (SSSR count). The predicted octanol–water partition coefficient (Wildman–Crippen LogP) is 9.99. The van der Waals surface area contributed by atoms with Gasteiger partial charge in [-0.2, -0.15) is 0 Å². The van der Waals surface area contributed by atoms with E-state index in [0.717, 1.165) is 17.5 Å². The molecule has 1 amide bonds. The number of rotatable bonds is 11. The number of amides is 1. The maximum Gasteiger partial charge on any atom is 0.261 e. The first-order valence-corrected chi connectivity index (χ1v) is 19.3. The monoisotopic (exact) mass is 683 g/mol. The molecule has 0 spiro atoms. The van der Waals surface area contributed by atoms with E-state index in [1.807, 2.05) is 30.3 Å². The van der Waals surface area contributed by atoms with E-state index >= 15 is 0 Å². The second-order valence-electron chi connectivity index (χ2n) is 14.2. The van der Waals surface area contributed by atoms with Gasteiger partial charge in [-0.05, 0) is 70.1 Å². The minimum Gasteiger partial charge on any atom is -0.405 e. The molecule has 4 aromatic rings. The van der Waals surface area contributed by atoms with E-state index in [4.69, 9.17) is 27.6 Å². The maximum absolute atomic E-state index is 15.0. The van der Waals surface area contributed by atoms with Crippen LogP contribution < -0.4 is 10.4 Å². The van der Waals surface area contributed by atoms with Crippen LogP contribution >= 0.6 is 23.2 Å². The van der Waals surface area contributed by atoms with Crippen molar-refractivity contribution in [2.24, 2.45) is 5.41 Å². The number of hydrogen-bond donors (Lipinski definition) is 0. The highest BCUT2D eigenvalue weighted by Gasteiger charge is 2.53. The number of halogens is 2. The van der Waals surface area contributed by atoms with Gasteiger partial charge in [0.15, 0.2) is 0 Å². The van der Waals surface area contributed by atoms with Gasteiger partial charge >= 0.3 is 0 Å². The molecule has 1 aliphatic rings. The summed E-state index contributed by atoms with van der Waals surface area (Å²) in [7, 11) is -2.85. The quantitative estimate of drug-likeness (QED) is 0.116. The Morgan fingerprint density at radius 3 is 2.00 bits per heavy atom. The zero-order chi connectivity index (χ0) is 33.8. The molecule has 0 radical (unpaired) electrons. The van der Waals surface area contributed by atoms with Gasteiger partial charge < -0.3 is 9.33 Å². The molecule has 0 aromatic heterocycles. The van der Waals surface area contributed by atoms with Crippen molar-refractivity contribution in [3.05, 3.63) is 143 Å². The molecular weight excluding hydrogens is 637 g/mol. The van der Waals surface area contributed by atoms with Crippen LogP contribution in [0.4, 0.5) is 0 Å². The van der Waals surface area contributed by atoms with E-state index in [0.29, 0.717) is 29.5 Å². The van der Waals surface area contributed by atoms with Gasteiger partial charge in [0.1, 0.15) is 0 Å². The van der Waals surface area contributed by atoms with E-state index in [-0.39, 0.29) is 28.9 Å². The lowest BCUT2D eigenvalue weighted by Crippen LogP contribution is -2.67. The van der Waals surface area contributed by atoms with Gasteiger partial charge in [0.25, 0.3) is 8.32 Å². The predicted molar refractivity (Wildman–Crippen MR) is 200 cm³/mol. The molecule has 4 aromatic carbocycles. The summed E-state index contributed by atoms with van der Waals surface area (Å²) in [5.41, 5.74) is 1.54. The van der Waals surface area contributed by atoms with Crippen molar-refractivity contribution in [2.75, 3.05) is 6.61 Å². The minimum atomic E-state index is -2.85. The van der Waals surface area contributed by atoms with Crippen LogP contribution in [-0.4, -0.2) is 31.8 Å². The van der Waals surface area contributed by atoms with Gasteiger partial charge in [0.05, 0.1) is 24.1 Å². The van der Waals surface area contributed by atoms with Crippen LogP contribution in [0.5, 0.6) is 0 Å². The Labute approximate surface area is 292 Å². The molecule has 1 fully saturated rings. The lowest BCUT2D eigenvalue weighted by Gasteiger charge is -2.53. The Kier molecular flexibility index (Phi) is 10.9. The number of hydrogen-bond acceptors (Lipinski definition) is 2. The molecule has 1 unspecified atom stereocenters. The molecule has 6 heteroatoms. The molecule has 1 heterocycles. The van der Waals surface area contributed by atoms with E-state index in [9.17, 15) is 4.79 Å². The van der Waals surface area contributed by atoms with Gasteiger partial charge in [-0.15, -0.1) is 6.58 Å². The van der Waals surface area contributed by atoms with E-state index in [1.54, 1.807) is 0 Å². The SMILES string of the molecule is C=CC[C@@]1(C)C[C@H](c2cccc(Cl)c2)[C@@H](c2ccc(Cl)cc2)N(C(CC)CO[Si](c2ccccc2)(c2ccccc2)C(C)(C)C)C1=O. The summed E-state index contributed by atoms with van der Waals surface area (Å²) in [6.07, 6.45) is 3.88. The first-order valence-electron chi connectivity index (χ1n) is 16.6. The van der Waals surface area contributed by atoms with Gasteiger partial charge in [0, 0.05) is 16.0 Å². The average Bonchev–Trinajstić information content (AvgIpc) is 3.05. The first kappa shape index (κ1) is 35.2. The number of carbonyl (C=O) groups excluding carboxylic acids is 1. The Bertz CT molecular complexity index is 1620. The van der Waals surface area contributed by atoms with Gasteiger partial charge in [0.2, 0.25) is 5.91 Å². The van der Waals surface area contributed by atoms with E-state index in [1.165, 1.54) is 10.4 Å².